The zero-order valence-corrected chi connectivity index (χ0v) is 21.5. The van der Waals surface area contributed by atoms with Crippen LogP contribution in [-0.2, 0) is 11.8 Å². The molecular weight excluding hydrogens is 423 g/mol. The Balaban J connectivity index is 0.00000341. The van der Waals surface area contributed by atoms with Crippen molar-refractivity contribution in [3.8, 4) is 22.6 Å². The van der Waals surface area contributed by atoms with Crippen molar-refractivity contribution in [3.05, 3.63) is 52.8 Å². The number of halogens is 1. The number of H-pyrrole nitrogens is 1. The van der Waals surface area contributed by atoms with Crippen molar-refractivity contribution in [1.29, 1.82) is 0 Å². The second-order valence-corrected chi connectivity index (χ2v) is 8.53. The van der Waals surface area contributed by atoms with Gasteiger partial charge in [-0.2, -0.15) is 5.21 Å². The van der Waals surface area contributed by atoms with Crippen molar-refractivity contribution in [2.45, 2.75) is 58.3 Å². The van der Waals surface area contributed by atoms with Gasteiger partial charge in [-0.25, -0.2) is 0 Å². The fraction of sp³-hybridized carbons (Fsp3) is 0.435. The van der Waals surface area contributed by atoms with Gasteiger partial charge in [-0.15, -0.1) is 10.2 Å². The average Bonchev–Trinajstić information content (AvgIpc) is 3.27. The predicted octanol–water partition coefficient (Wildman–Crippen LogP) is 2.08. The van der Waals surface area contributed by atoms with Crippen LogP contribution in [0.25, 0.3) is 11.1 Å². The van der Waals surface area contributed by atoms with Crippen LogP contribution in [0.15, 0.2) is 36.4 Å². The Morgan fingerprint density at radius 2 is 1.84 bits per heavy atom. The summed E-state index contributed by atoms with van der Waals surface area (Å²) >= 11 is 5.96. The van der Waals surface area contributed by atoms with Gasteiger partial charge in [0.1, 0.15) is 5.75 Å². The molecule has 0 amide bonds. The number of benzene rings is 2. The summed E-state index contributed by atoms with van der Waals surface area (Å²) in [5.41, 5.74) is 2.49. The van der Waals surface area contributed by atoms with E-state index in [9.17, 15) is 5.11 Å². The molecule has 0 radical (unpaired) electrons. The Labute approximate surface area is 211 Å². The van der Waals surface area contributed by atoms with Gasteiger partial charge in [0, 0.05) is 10.4 Å². The molecule has 160 valence electrons. The minimum Gasteiger partial charge on any atom is -0.872 e. The van der Waals surface area contributed by atoms with Gasteiger partial charge in [-0.3, -0.25) is 0 Å². The third kappa shape index (κ3) is 6.94. The molecule has 0 atom stereocenters. The Bertz CT molecular complexity index is 947. The molecule has 6 nitrogen and oxygen atoms in total. The fourth-order valence-electron chi connectivity index (χ4n) is 3.46. The molecule has 0 bridgehead atoms. The summed E-state index contributed by atoms with van der Waals surface area (Å²) in [6, 6.07) is 10.9. The molecule has 0 saturated heterocycles. The SMILES string of the molecule is CCc1cc(-c2ccc(Cl)cc2)c([O-])cc1OCCCCCC(C)(C)c1nn[nH]n1.[Na+]. The van der Waals surface area contributed by atoms with Crippen molar-refractivity contribution < 1.29 is 39.4 Å². The molecule has 1 N–H and O–H groups in total. The standard InChI is InChI=1S/C23H29ClN4O2.Na/c1-4-16-14-19(17-8-10-18(24)11-9-17)20(29)15-21(16)30-13-7-5-6-12-23(2,3)22-25-27-28-26-22;/h8-11,14-15,29H,4-7,12-13H2,1-3H3,(H,25,26,27,28);/q;+1/p-1. The first-order valence-corrected chi connectivity index (χ1v) is 10.7. The predicted molar refractivity (Wildman–Crippen MR) is 117 cm³/mol. The first-order valence-electron chi connectivity index (χ1n) is 10.4. The average molecular weight is 451 g/mol. The van der Waals surface area contributed by atoms with Crippen LogP contribution in [0.4, 0.5) is 0 Å². The van der Waals surface area contributed by atoms with Crippen LogP contribution in [0.2, 0.25) is 5.02 Å². The molecule has 2 aromatic carbocycles. The molecule has 0 aliphatic carbocycles. The smallest absolute Gasteiger partial charge is 0.872 e. The third-order valence-electron chi connectivity index (χ3n) is 5.35. The summed E-state index contributed by atoms with van der Waals surface area (Å²) in [5.74, 6) is 1.40. The molecule has 31 heavy (non-hydrogen) atoms. The van der Waals surface area contributed by atoms with Gasteiger partial charge in [0.05, 0.1) is 6.61 Å². The second kappa shape index (κ2) is 11.9. The number of aryl methyl sites for hydroxylation is 1. The Kier molecular flexibility index (Phi) is 9.82. The zero-order chi connectivity index (χ0) is 21.6. The van der Waals surface area contributed by atoms with Crippen molar-refractivity contribution in [3.63, 3.8) is 0 Å². The monoisotopic (exact) mass is 450 g/mol. The van der Waals surface area contributed by atoms with E-state index in [1.54, 1.807) is 18.2 Å². The van der Waals surface area contributed by atoms with Crippen LogP contribution in [-0.4, -0.2) is 27.2 Å². The normalized spacial score (nSPS) is 11.2. The van der Waals surface area contributed by atoms with E-state index in [0.29, 0.717) is 22.9 Å². The molecule has 1 heterocycles. The van der Waals surface area contributed by atoms with Gasteiger partial charge in [0.15, 0.2) is 5.82 Å². The van der Waals surface area contributed by atoms with Crippen molar-refractivity contribution in [1.82, 2.24) is 20.6 Å². The summed E-state index contributed by atoms with van der Waals surface area (Å²) in [7, 11) is 0. The number of aromatic nitrogens is 4. The largest absolute Gasteiger partial charge is 1.00 e. The number of unbranched alkanes of at least 4 members (excludes halogenated alkanes) is 2. The summed E-state index contributed by atoms with van der Waals surface area (Å²) in [6.07, 6.45) is 4.80. The maximum atomic E-state index is 12.6. The molecule has 0 spiro atoms. The summed E-state index contributed by atoms with van der Waals surface area (Å²) in [6.45, 7) is 6.91. The van der Waals surface area contributed by atoms with E-state index >= 15 is 0 Å². The quantitative estimate of drug-likeness (QED) is 0.377. The maximum absolute atomic E-state index is 12.6. The molecule has 0 saturated carbocycles. The van der Waals surface area contributed by atoms with E-state index in [1.165, 1.54) is 0 Å². The summed E-state index contributed by atoms with van der Waals surface area (Å²) < 4.78 is 5.96. The second-order valence-electron chi connectivity index (χ2n) is 8.09. The van der Waals surface area contributed by atoms with E-state index in [4.69, 9.17) is 16.3 Å². The van der Waals surface area contributed by atoms with Gasteiger partial charge < -0.3 is 9.84 Å². The van der Waals surface area contributed by atoms with Crippen LogP contribution in [0.3, 0.4) is 0 Å². The minimum atomic E-state index is -0.0990. The molecule has 3 aromatic rings. The van der Waals surface area contributed by atoms with E-state index in [1.807, 2.05) is 18.2 Å². The zero-order valence-electron chi connectivity index (χ0n) is 18.7. The van der Waals surface area contributed by atoms with E-state index in [-0.39, 0.29) is 40.7 Å². The van der Waals surface area contributed by atoms with Gasteiger partial charge in [0.2, 0.25) is 0 Å². The van der Waals surface area contributed by atoms with Crippen LogP contribution < -0.4 is 39.4 Å². The van der Waals surface area contributed by atoms with Crippen molar-refractivity contribution in [2.24, 2.45) is 0 Å². The maximum Gasteiger partial charge on any atom is 1.00 e. The number of ether oxygens (including phenoxy) is 1. The molecule has 0 aliphatic rings. The number of nitrogens with zero attached hydrogens (tertiary/aromatic N) is 3. The summed E-state index contributed by atoms with van der Waals surface area (Å²) in [5, 5.41) is 27.6. The molecule has 1 aromatic heterocycles. The van der Waals surface area contributed by atoms with Gasteiger partial charge >= 0.3 is 29.6 Å². The number of nitrogens with one attached hydrogen (secondary N) is 1. The molecule has 8 heteroatoms. The minimum absolute atomic E-state index is 0. The van der Waals surface area contributed by atoms with Crippen molar-refractivity contribution >= 4 is 11.6 Å². The van der Waals surface area contributed by atoms with Crippen LogP contribution in [0, 0.1) is 0 Å². The molecular formula is C23H28ClN4NaO2. The Morgan fingerprint density at radius 3 is 2.48 bits per heavy atom. The molecule has 0 aliphatic heterocycles. The number of hydrogen-bond donors (Lipinski definition) is 1. The Hall–Kier alpha value is -1.60. The first-order chi connectivity index (χ1) is 14.4. The summed E-state index contributed by atoms with van der Waals surface area (Å²) in [4.78, 5) is 0. The molecule has 0 unspecified atom stereocenters. The van der Waals surface area contributed by atoms with E-state index in [0.717, 1.165) is 49.1 Å². The van der Waals surface area contributed by atoms with Crippen LogP contribution >= 0.6 is 11.6 Å². The van der Waals surface area contributed by atoms with Gasteiger partial charge in [-0.05, 0) is 60.2 Å². The molecule has 3 rings (SSSR count). The van der Waals surface area contributed by atoms with Gasteiger partial charge in [-0.1, -0.05) is 68.3 Å². The Morgan fingerprint density at radius 1 is 1.10 bits per heavy atom. The molecule has 0 fully saturated rings. The number of tetrazole rings is 1. The first kappa shape index (κ1) is 25.7. The number of hydrogen-bond acceptors (Lipinski definition) is 5. The van der Waals surface area contributed by atoms with E-state index in [2.05, 4.69) is 41.4 Å². The van der Waals surface area contributed by atoms with Gasteiger partial charge in [0.25, 0.3) is 0 Å². The topological polar surface area (TPSA) is 86.8 Å². The third-order valence-corrected chi connectivity index (χ3v) is 5.61. The van der Waals surface area contributed by atoms with Crippen LogP contribution in [0.1, 0.15) is 57.8 Å². The van der Waals surface area contributed by atoms with Crippen LogP contribution in [0.5, 0.6) is 11.5 Å². The van der Waals surface area contributed by atoms with Crippen molar-refractivity contribution in [2.75, 3.05) is 6.61 Å². The van der Waals surface area contributed by atoms with E-state index < -0.39 is 0 Å². The number of rotatable bonds is 10. The number of aromatic amines is 1. The fourth-order valence-corrected chi connectivity index (χ4v) is 3.59.